The van der Waals surface area contributed by atoms with Crippen molar-refractivity contribution < 1.29 is 9.68 Å². The average molecular weight is 146 g/mol. The summed E-state index contributed by atoms with van der Waals surface area (Å²) in [6, 6.07) is 8.94. The second-order valence-electron chi connectivity index (χ2n) is 2.00. The Kier molecular flexibility index (Phi) is 2.59. The Morgan fingerprint density at radius 3 is 2.55 bits per heavy atom. The molecule has 0 aliphatic carbocycles. The Morgan fingerprint density at radius 2 is 2.00 bits per heavy atom. The number of hydrogen-bond acceptors (Lipinski definition) is 2. The minimum absolute atomic E-state index is 0.658. The monoisotopic (exact) mass is 146 g/mol. The van der Waals surface area contributed by atoms with E-state index in [1.165, 1.54) is 0 Å². The van der Waals surface area contributed by atoms with Crippen molar-refractivity contribution in [3.63, 3.8) is 0 Å². The predicted octanol–water partition coefficient (Wildman–Crippen LogP) is -0.0186. The van der Waals surface area contributed by atoms with Crippen LogP contribution in [0.2, 0.25) is 0 Å². The van der Waals surface area contributed by atoms with Gasteiger partial charge >= 0.3 is 7.12 Å². The highest BCUT2D eigenvalue weighted by Gasteiger charge is 2.15. The zero-order valence-corrected chi connectivity index (χ0v) is 5.90. The SMILES string of the molecule is C#COB(O)c1ccccc1. The first kappa shape index (κ1) is 7.71. The second-order valence-corrected chi connectivity index (χ2v) is 2.00. The fourth-order valence-electron chi connectivity index (χ4n) is 0.750. The maximum absolute atomic E-state index is 9.16. The van der Waals surface area contributed by atoms with E-state index in [1.54, 1.807) is 24.3 Å². The third kappa shape index (κ3) is 2.03. The molecule has 54 valence electrons. The summed E-state index contributed by atoms with van der Waals surface area (Å²) in [5.41, 5.74) is 0.658. The topological polar surface area (TPSA) is 29.5 Å². The quantitative estimate of drug-likeness (QED) is 0.469. The van der Waals surface area contributed by atoms with E-state index < -0.39 is 7.12 Å². The molecule has 0 unspecified atom stereocenters. The van der Waals surface area contributed by atoms with Crippen LogP contribution >= 0.6 is 0 Å². The smallest absolute Gasteiger partial charge is 0.483 e. The molecule has 0 saturated carbocycles. The van der Waals surface area contributed by atoms with Crippen molar-refractivity contribution in [1.82, 2.24) is 0 Å². The second kappa shape index (κ2) is 3.70. The van der Waals surface area contributed by atoms with Gasteiger partial charge in [0, 0.05) is 0 Å². The molecule has 3 heteroatoms. The first-order chi connectivity index (χ1) is 5.34. The van der Waals surface area contributed by atoms with Gasteiger partial charge in [0.15, 0.2) is 0 Å². The molecule has 1 aromatic carbocycles. The molecule has 0 bridgehead atoms. The number of terminal acetylenes is 1. The molecule has 0 heterocycles. The molecule has 0 fully saturated rings. The van der Waals surface area contributed by atoms with Crippen LogP contribution < -0.4 is 5.46 Å². The van der Waals surface area contributed by atoms with Crippen LogP contribution in [0.15, 0.2) is 30.3 Å². The zero-order valence-electron chi connectivity index (χ0n) is 5.90. The molecule has 0 saturated heterocycles. The summed E-state index contributed by atoms with van der Waals surface area (Å²) < 4.78 is 4.51. The number of benzene rings is 1. The van der Waals surface area contributed by atoms with E-state index in [4.69, 9.17) is 11.4 Å². The van der Waals surface area contributed by atoms with E-state index in [0.717, 1.165) is 0 Å². The van der Waals surface area contributed by atoms with Crippen LogP contribution in [0.5, 0.6) is 0 Å². The van der Waals surface area contributed by atoms with Crippen LogP contribution in [-0.2, 0) is 4.65 Å². The Hall–Kier alpha value is -1.40. The van der Waals surface area contributed by atoms with Gasteiger partial charge in [0.25, 0.3) is 0 Å². The van der Waals surface area contributed by atoms with E-state index in [-0.39, 0.29) is 0 Å². The van der Waals surface area contributed by atoms with Gasteiger partial charge in [0.2, 0.25) is 0 Å². The maximum Gasteiger partial charge on any atom is 0.568 e. The summed E-state index contributed by atoms with van der Waals surface area (Å²) in [5.74, 6) is 0. The van der Waals surface area contributed by atoms with Gasteiger partial charge < -0.3 is 9.68 Å². The molecule has 0 aliphatic heterocycles. The van der Waals surface area contributed by atoms with Crippen molar-refractivity contribution in [1.29, 1.82) is 0 Å². The molecule has 0 aromatic heterocycles. The summed E-state index contributed by atoms with van der Waals surface area (Å²) >= 11 is 0. The number of rotatable bonds is 2. The minimum Gasteiger partial charge on any atom is -0.483 e. The van der Waals surface area contributed by atoms with E-state index in [1.807, 2.05) is 12.2 Å². The lowest BCUT2D eigenvalue weighted by molar-refractivity contribution is 0.409. The molecular formula is C8H7BO2. The van der Waals surface area contributed by atoms with Gasteiger partial charge in [-0.05, 0) is 5.46 Å². The van der Waals surface area contributed by atoms with Crippen LogP contribution in [0, 0.1) is 12.5 Å². The van der Waals surface area contributed by atoms with Gasteiger partial charge in [-0.25, -0.2) is 0 Å². The van der Waals surface area contributed by atoms with Crippen LogP contribution in [0.25, 0.3) is 0 Å². The van der Waals surface area contributed by atoms with E-state index in [2.05, 4.69) is 4.65 Å². The van der Waals surface area contributed by atoms with E-state index in [9.17, 15) is 0 Å². The van der Waals surface area contributed by atoms with Gasteiger partial charge in [0.1, 0.15) is 0 Å². The maximum atomic E-state index is 9.16. The largest absolute Gasteiger partial charge is 0.568 e. The first-order valence-corrected chi connectivity index (χ1v) is 3.19. The lowest BCUT2D eigenvalue weighted by Gasteiger charge is -2.00. The summed E-state index contributed by atoms with van der Waals surface area (Å²) in [4.78, 5) is 0. The normalized spacial score (nSPS) is 8.36. The Labute approximate surface area is 66.0 Å². The molecule has 0 atom stereocenters. The fourth-order valence-corrected chi connectivity index (χ4v) is 0.750. The van der Waals surface area contributed by atoms with Gasteiger partial charge in [-0.3, -0.25) is 0 Å². The highest BCUT2D eigenvalue weighted by Crippen LogP contribution is 1.86. The molecule has 1 N–H and O–H groups in total. The molecule has 1 aromatic rings. The van der Waals surface area contributed by atoms with Gasteiger partial charge in [-0.2, -0.15) is 0 Å². The van der Waals surface area contributed by atoms with E-state index >= 15 is 0 Å². The Bertz CT molecular complexity index is 253. The lowest BCUT2D eigenvalue weighted by Crippen LogP contribution is -2.31. The summed E-state index contributed by atoms with van der Waals surface area (Å²) in [6.45, 7) is 0. The molecule has 1 rings (SSSR count). The van der Waals surface area contributed by atoms with Crippen molar-refractivity contribution in [2.45, 2.75) is 0 Å². The van der Waals surface area contributed by atoms with Crippen molar-refractivity contribution in [3.8, 4) is 12.5 Å². The van der Waals surface area contributed by atoms with Crippen LogP contribution in [-0.4, -0.2) is 12.1 Å². The minimum atomic E-state index is -1.01. The summed E-state index contributed by atoms with van der Waals surface area (Å²) in [7, 11) is -1.01. The third-order valence-electron chi connectivity index (χ3n) is 1.26. The molecule has 2 nitrogen and oxygen atoms in total. The molecule has 11 heavy (non-hydrogen) atoms. The van der Waals surface area contributed by atoms with Crippen molar-refractivity contribution in [2.24, 2.45) is 0 Å². The molecular weight excluding hydrogens is 139 g/mol. The summed E-state index contributed by atoms with van der Waals surface area (Å²) in [6.07, 6.45) is 6.75. The van der Waals surface area contributed by atoms with Crippen molar-refractivity contribution in [3.05, 3.63) is 30.3 Å². The van der Waals surface area contributed by atoms with Crippen LogP contribution in [0.1, 0.15) is 0 Å². The highest BCUT2D eigenvalue weighted by atomic mass is 16.5. The molecule has 0 aliphatic rings. The summed E-state index contributed by atoms with van der Waals surface area (Å²) in [5, 5.41) is 9.16. The van der Waals surface area contributed by atoms with Gasteiger partial charge in [0.05, 0.1) is 6.11 Å². The van der Waals surface area contributed by atoms with Gasteiger partial charge in [-0.1, -0.05) is 36.8 Å². The predicted molar refractivity (Wildman–Crippen MR) is 44.0 cm³/mol. The number of hydrogen-bond donors (Lipinski definition) is 1. The molecule has 0 radical (unpaired) electrons. The van der Waals surface area contributed by atoms with Crippen LogP contribution in [0.3, 0.4) is 0 Å². The first-order valence-electron chi connectivity index (χ1n) is 3.19. The van der Waals surface area contributed by atoms with Crippen LogP contribution in [0.4, 0.5) is 0 Å². The Balaban J connectivity index is 2.70. The standard InChI is InChI=1S/C8H7BO2/c1-2-11-9(10)8-6-4-3-5-7-8/h1,3-7,10H. The molecule has 0 spiro atoms. The van der Waals surface area contributed by atoms with Gasteiger partial charge in [-0.15, -0.1) is 0 Å². The fraction of sp³-hybridized carbons (Fsp3) is 0. The zero-order chi connectivity index (χ0) is 8.10. The Morgan fingerprint density at radius 1 is 1.36 bits per heavy atom. The van der Waals surface area contributed by atoms with Crippen molar-refractivity contribution >= 4 is 12.6 Å². The average Bonchev–Trinajstić information content (AvgIpc) is 2.07. The molecule has 0 amide bonds. The van der Waals surface area contributed by atoms with Crippen molar-refractivity contribution in [2.75, 3.05) is 0 Å². The lowest BCUT2D eigenvalue weighted by atomic mass is 9.80. The van der Waals surface area contributed by atoms with E-state index in [0.29, 0.717) is 5.46 Å². The third-order valence-corrected chi connectivity index (χ3v) is 1.26. The highest BCUT2D eigenvalue weighted by molar-refractivity contribution is 6.60.